The van der Waals surface area contributed by atoms with E-state index in [0.717, 1.165) is 59.2 Å². The minimum atomic E-state index is -0.332. The lowest BCUT2D eigenvalue weighted by molar-refractivity contribution is -0.148. The van der Waals surface area contributed by atoms with Gasteiger partial charge < -0.3 is 31.7 Å². The quantitative estimate of drug-likeness (QED) is 0.0798. The average molecular weight is 735 g/mol. The molecule has 284 valence electrons. The second kappa shape index (κ2) is 19.5. The Balaban J connectivity index is 1.18. The number of anilines is 2. The molecule has 1 atom stereocenters. The Labute approximate surface area is 316 Å². The number of carbonyl (C=O) groups is 4. The summed E-state index contributed by atoms with van der Waals surface area (Å²) in [6.07, 6.45) is 7.22. The number of methoxy groups -OCH3 is 1. The summed E-state index contributed by atoms with van der Waals surface area (Å²) in [6.45, 7) is 7.41. The number of hydrogen-bond acceptors (Lipinski definition) is 10. The zero-order valence-corrected chi connectivity index (χ0v) is 31.2. The summed E-state index contributed by atoms with van der Waals surface area (Å²) in [4.78, 5) is 61.4. The molecule has 0 saturated carbocycles. The molecule has 6 N–H and O–H groups in total. The monoisotopic (exact) mass is 734 g/mol. The summed E-state index contributed by atoms with van der Waals surface area (Å²) < 4.78 is 5.00. The Hall–Kier alpha value is -5.50. The Morgan fingerprint density at radius 1 is 0.815 bits per heavy atom. The molecule has 0 bridgehead atoms. The topological polar surface area (TPSA) is 181 Å². The molecule has 0 radical (unpaired) electrons. The van der Waals surface area contributed by atoms with Crippen LogP contribution in [0.2, 0.25) is 0 Å². The molecular weight excluding hydrogens is 685 g/mol. The fraction of sp³-hybridized carbons (Fsp3) is 0.366. The molecule has 1 saturated heterocycles. The van der Waals surface area contributed by atoms with Crippen LogP contribution in [0.1, 0.15) is 75.3 Å². The first kappa shape index (κ1) is 39.7. The number of nitrogens with one attached hydrogen (secondary N) is 4. The van der Waals surface area contributed by atoms with E-state index in [2.05, 4.69) is 36.1 Å². The van der Waals surface area contributed by atoms with Gasteiger partial charge in [0.15, 0.2) is 0 Å². The van der Waals surface area contributed by atoms with E-state index in [4.69, 9.17) is 10.5 Å². The number of aromatic nitrogens is 2. The minimum Gasteiger partial charge on any atom is -0.468 e. The molecule has 0 unspecified atom stereocenters. The number of carbonyl (C=O) groups excluding carboxylic acids is 4. The van der Waals surface area contributed by atoms with Crippen molar-refractivity contribution in [1.29, 1.82) is 0 Å². The van der Waals surface area contributed by atoms with E-state index in [1.54, 1.807) is 24.5 Å². The van der Waals surface area contributed by atoms with Gasteiger partial charge in [0.25, 0.3) is 11.8 Å². The number of esters is 1. The van der Waals surface area contributed by atoms with Gasteiger partial charge in [0.1, 0.15) is 17.4 Å². The van der Waals surface area contributed by atoms with E-state index in [1.807, 2.05) is 62.4 Å². The summed E-state index contributed by atoms with van der Waals surface area (Å²) in [5, 5.41) is 12.1. The number of piperidine rings is 1. The van der Waals surface area contributed by atoms with Crippen LogP contribution in [0, 0.1) is 13.8 Å². The highest BCUT2D eigenvalue weighted by atomic mass is 16.5. The van der Waals surface area contributed by atoms with Crippen LogP contribution < -0.4 is 27.0 Å². The van der Waals surface area contributed by atoms with Gasteiger partial charge in [0, 0.05) is 56.4 Å². The van der Waals surface area contributed by atoms with Gasteiger partial charge in [-0.2, -0.15) is 0 Å². The number of nitrogens with two attached hydrogens (primary N) is 1. The van der Waals surface area contributed by atoms with Crippen molar-refractivity contribution in [3.8, 4) is 11.1 Å². The molecule has 5 rings (SSSR count). The largest absolute Gasteiger partial charge is 0.468 e. The zero-order valence-electron chi connectivity index (χ0n) is 31.2. The number of likely N-dealkylation sites (tertiary alicyclic amines) is 1. The molecule has 1 aliphatic heterocycles. The third-order valence-electron chi connectivity index (χ3n) is 9.60. The van der Waals surface area contributed by atoms with Crippen molar-refractivity contribution < 1.29 is 23.9 Å². The van der Waals surface area contributed by atoms with Gasteiger partial charge >= 0.3 is 5.97 Å². The first-order valence-corrected chi connectivity index (χ1v) is 18.4. The van der Waals surface area contributed by atoms with Crippen molar-refractivity contribution >= 4 is 35.1 Å². The van der Waals surface area contributed by atoms with Gasteiger partial charge in [-0.1, -0.05) is 42.8 Å². The molecule has 0 spiro atoms. The predicted octanol–water partition coefficient (Wildman–Crippen LogP) is 4.74. The maximum absolute atomic E-state index is 13.3. The lowest BCUT2D eigenvalue weighted by Crippen LogP contribution is -2.44. The standard InChI is InChI=1S/C41H50N8O5/c1-27-31(9-6-11-33(27)47-39(51)35-17-15-29(24-45-35)23-43-20-21-44-38(50)14-8-19-42)32-10-7-12-34(28(32)2)48-40(52)36-18-16-30(25-46-36)26-49-22-5-4-13-37(49)41(53)54-3/h6-7,9-12,15-18,24-25,37,43H,4-5,8,13-14,19-23,26,42H2,1-3H3,(H,44,50)(H,47,51)(H,48,52)/t37-/m0/s1. The molecule has 2 aromatic heterocycles. The number of pyridine rings is 2. The normalized spacial score (nSPS) is 14.3. The first-order valence-electron chi connectivity index (χ1n) is 18.4. The lowest BCUT2D eigenvalue weighted by atomic mass is 9.94. The van der Waals surface area contributed by atoms with Crippen molar-refractivity contribution in [2.75, 3.05) is 43.9 Å². The number of hydrogen-bond donors (Lipinski definition) is 5. The van der Waals surface area contributed by atoms with Gasteiger partial charge in [0.2, 0.25) is 5.91 Å². The molecule has 3 amide bonds. The SMILES string of the molecule is COC(=O)[C@@H]1CCCCN1Cc1ccc(C(=O)Nc2cccc(-c3cccc(NC(=O)c4ccc(CNCCNC(=O)CCCN)cn4)c3C)c2C)nc1. The Bertz CT molecular complexity index is 1920. The maximum atomic E-state index is 13.3. The Morgan fingerprint density at radius 3 is 1.98 bits per heavy atom. The van der Waals surface area contributed by atoms with Crippen LogP contribution >= 0.6 is 0 Å². The van der Waals surface area contributed by atoms with E-state index in [9.17, 15) is 19.2 Å². The van der Waals surface area contributed by atoms with Crippen molar-refractivity contribution in [2.24, 2.45) is 5.73 Å². The zero-order chi connectivity index (χ0) is 38.5. The summed E-state index contributed by atoms with van der Waals surface area (Å²) in [6, 6.07) is 18.3. The second-order valence-corrected chi connectivity index (χ2v) is 13.4. The van der Waals surface area contributed by atoms with E-state index in [-0.39, 0.29) is 41.1 Å². The van der Waals surface area contributed by atoms with Gasteiger partial charge in [-0.15, -0.1) is 0 Å². The molecule has 3 heterocycles. The molecule has 1 fully saturated rings. The van der Waals surface area contributed by atoms with Crippen LogP contribution in [-0.2, 0) is 27.4 Å². The van der Waals surface area contributed by atoms with Crippen LogP contribution in [0.15, 0.2) is 73.1 Å². The molecule has 13 heteroatoms. The van der Waals surface area contributed by atoms with Crippen LogP contribution in [0.5, 0.6) is 0 Å². The summed E-state index contributed by atoms with van der Waals surface area (Å²) >= 11 is 0. The molecule has 1 aliphatic rings. The first-order chi connectivity index (χ1) is 26.2. The second-order valence-electron chi connectivity index (χ2n) is 13.4. The fourth-order valence-corrected chi connectivity index (χ4v) is 6.51. The third kappa shape index (κ3) is 10.6. The summed E-state index contributed by atoms with van der Waals surface area (Å²) in [5.41, 5.74) is 12.7. The number of amides is 3. The fourth-order valence-electron chi connectivity index (χ4n) is 6.51. The highest BCUT2D eigenvalue weighted by Crippen LogP contribution is 2.34. The number of rotatable bonds is 16. The molecule has 0 aliphatic carbocycles. The van der Waals surface area contributed by atoms with Crippen molar-refractivity contribution in [3.63, 3.8) is 0 Å². The number of nitrogens with zero attached hydrogens (tertiary/aromatic N) is 3. The predicted molar refractivity (Wildman–Crippen MR) is 209 cm³/mol. The van der Waals surface area contributed by atoms with Crippen molar-refractivity contribution in [3.05, 3.63) is 107 Å². The van der Waals surface area contributed by atoms with Gasteiger partial charge in [-0.25, -0.2) is 0 Å². The minimum absolute atomic E-state index is 0.00833. The van der Waals surface area contributed by atoms with Gasteiger partial charge in [-0.05, 0) is 104 Å². The summed E-state index contributed by atoms with van der Waals surface area (Å²) in [5.74, 6) is -0.888. The van der Waals surface area contributed by atoms with Gasteiger partial charge in [0.05, 0.1) is 7.11 Å². The van der Waals surface area contributed by atoms with Crippen LogP contribution in [-0.4, -0.2) is 77.9 Å². The third-order valence-corrected chi connectivity index (χ3v) is 9.60. The molecule has 4 aromatic rings. The summed E-state index contributed by atoms with van der Waals surface area (Å²) in [7, 11) is 1.42. The Morgan fingerprint density at radius 2 is 1.43 bits per heavy atom. The highest BCUT2D eigenvalue weighted by Gasteiger charge is 2.29. The van der Waals surface area contributed by atoms with Crippen molar-refractivity contribution in [2.45, 2.75) is 65.1 Å². The van der Waals surface area contributed by atoms with E-state index in [0.29, 0.717) is 56.9 Å². The maximum Gasteiger partial charge on any atom is 0.323 e. The van der Waals surface area contributed by atoms with E-state index >= 15 is 0 Å². The van der Waals surface area contributed by atoms with Crippen LogP contribution in [0.25, 0.3) is 11.1 Å². The molecule has 2 aromatic carbocycles. The average Bonchev–Trinajstić information content (AvgIpc) is 3.19. The smallest absolute Gasteiger partial charge is 0.323 e. The number of ether oxygens (including phenoxy) is 1. The lowest BCUT2D eigenvalue weighted by Gasteiger charge is -2.33. The Kier molecular flexibility index (Phi) is 14.4. The highest BCUT2D eigenvalue weighted by molar-refractivity contribution is 6.05. The van der Waals surface area contributed by atoms with Gasteiger partial charge in [-0.3, -0.25) is 34.0 Å². The molecule has 13 nitrogen and oxygen atoms in total. The van der Waals surface area contributed by atoms with E-state index in [1.165, 1.54) is 7.11 Å². The molecule has 54 heavy (non-hydrogen) atoms. The van der Waals surface area contributed by atoms with Crippen LogP contribution in [0.4, 0.5) is 11.4 Å². The number of benzene rings is 2. The van der Waals surface area contributed by atoms with E-state index < -0.39 is 0 Å². The molecular formula is C41H50N8O5. The van der Waals surface area contributed by atoms with Crippen molar-refractivity contribution in [1.82, 2.24) is 25.5 Å². The van der Waals surface area contributed by atoms with Crippen LogP contribution in [0.3, 0.4) is 0 Å².